The first-order valence-electron chi connectivity index (χ1n) is 5.05. The molecule has 3 nitrogen and oxygen atoms in total. The van der Waals surface area contributed by atoms with E-state index < -0.39 is 0 Å². The molecule has 0 amide bonds. The van der Waals surface area contributed by atoms with Crippen LogP contribution in [0.3, 0.4) is 0 Å². The zero-order chi connectivity index (χ0) is 12.0. The highest BCUT2D eigenvalue weighted by molar-refractivity contribution is 6.31. The van der Waals surface area contributed by atoms with Crippen molar-refractivity contribution in [2.75, 3.05) is 20.7 Å². The Morgan fingerprint density at radius 1 is 1.50 bits per heavy atom. The molecule has 1 aromatic rings. The van der Waals surface area contributed by atoms with Gasteiger partial charge in [0.1, 0.15) is 5.75 Å². The van der Waals surface area contributed by atoms with Crippen LogP contribution >= 0.6 is 11.6 Å². The smallest absolute Gasteiger partial charge is 0.120 e. The summed E-state index contributed by atoms with van der Waals surface area (Å²) < 4.78 is 5.08. The monoisotopic (exact) mass is 238 g/mol. The van der Waals surface area contributed by atoms with Crippen LogP contribution in [0, 0.1) is 11.3 Å². The minimum Gasteiger partial charge on any atom is -0.497 e. The normalized spacial score (nSPS) is 10.2. The number of hydrogen-bond donors (Lipinski definition) is 0. The highest BCUT2D eigenvalue weighted by atomic mass is 35.5. The molecule has 0 aromatic heterocycles. The van der Waals surface area contributed by atoms with Crippen molar-refractivity contribution in [3.05, 3.63) is 28.8 Å². The molecule has 0 atom stereocenters. The van der Waals surface area contributed by atoms with Gasteiger partial charge < -0.3 is 9.64 Å². The number of nitrogens with zero attached hydrogens (tertiary/aromatic N) is 2. The second kappa shape index (κ2) is 6.37. The van der Waals surface area contributed by atoms with E-state index in [1.165, 1.54) is 0 Å². The predicted molar refractivity (Wildman–Crippen MR) is 64.6 cm³/mol. The number of benzene rings is 1. The van der Waals surface area contributed by atoms with E-state index in [4.69, 9.17) is 21.6 Å². The summed E-state index contributed by atoms with van der Waals surface area (Å²) in [5.74, 6) is 0.758. The Hall–Kier alpha value is -1.24. The number of halogens is 1. The SMILES string of the molecule is COc1ccc(CN(C)CCC#N)c(Cl)c1. The van der Waals surface area contributed by atoms with Crippen LogP contribution < -0.4 is 4.74 Å². The average Bonchev–Trinajstić information content (AvgIpc) is 2.29. The van der Waals surface area contributed by atoms with Gasteiger partial charge in [0.25, 0.3) is 0 Å². The van der Waals surface area contributed by atoms with Gasteiger partial charge in [-0.1, -0.05) is 17.7 Å². The van der Waals surface area contributed by atoms with Crippen molar-refractivity contribution in [2.45, 2.75) is 13.0 Å². The average molecular weight is 239 g/mol. The van der Waals surface area contributed by atoms with E-state index in [2.05, 4.69) is 11.0 Å². The van der Waals surface area contributed by atoms with Crippen LogP contribution in [0.4, 0.5) is 0 Å². The lowest BCUT2D eigenvalue weighted by atomic mass is 10.2. The van der Waals surface area contributed by atoms with Gasteiger partial charge in [0.2, 0.25) is 0 Å². The van der Waals surface area contributed by atoms with Crippen molar-refractivity contribution < 1.29 is 4.74 Å². The Labute approximate surface area is 101 Å². The van der Waals surface area contributed by atoms with Crippen LogP contribution in [-0.4, -0.2) is 25.6 Å². The molecule has 0 bridgehead atoms. The van der Waals surface area contributed by atoms with Crippen molar-refractivity contribution in [3.8, 4) is 11.8 Å². The summed E-state index contributed by atoms with van der Waals surface area (Å²) in [5.41, 5.74) is 1.04. The molecule has 0 radical (unpaired) electrons. The van der Waals surface area contributed by atoms with E-state index >= 15 is 0 Å². The maximum atomic E-state index is 8.48. The molecule has 0 aliphatic carbocycles. The van der Waals surface area contributed by atoms with Gasteiger partial charge in [0.15, 0.2) is 0 Å². The fourth-order valence-electron chi connectivity index (χ4n) is 1.39. The Kier molecular flexibility index (Phi) is 5.10. The van der Waals surface area contributed by atoms with Crippen molar-refractivity contribution in [1.29, 1.82) is 5.26 Å². The third kappa shape index (κ3) is 3.73. The summed E-state index contributed by atoms with van der Waals surface area (Å²) in [6.45, 7) is 1.49. The van der Waals surface area contributed by atoms with Gasteiger partial charge in [-0.05, 0) is 24.7 Å². The molecule has 1 rings (SSSR count). The van der Waals surface area contributed by atoms with Gasteiger partial charge in [-0.25, -0.2) is 0 Å². The van der Waals surface area contributed by atoms with Crippen LogP contribution in [0.15, 0.2) is 18.2 Å². The summed E-state index contributed by atoms with van der Waals surface area (Å²) in [7, 11) is 3.59. The van der Waals surface area contributed by atoms with E-state index in [9.17, 15) is 0 Å². The fraction of sp³-hybridized carbons (Fsp3) is 0.417. The number of ether oxygens (including phenoxy) is 1. The zero-order valence-electron chi connectivity index (χ0n) is 9.53. The molecule has 0 spiro atoms. The van der Waals surface area contributed by atoms with Crippen molar-refractivity contribution in [1.82, 2.24) is 4.90 Å². The Morgan fingerprint density at radius 2 is 2.25 bits per heavy atom. The Bertz CT molecular complexity index is 387. The van der Waals surface area contributed by atoms with E-state index in [0.717, 1.165) is 24.4 Å². The fourth-order valence-corrected chi connectivity index (χ4v) is 1.62. The number of nitriles is 1. The first kappa shape index (κ1) is 12.8. The van der Waals surface area contributed by atoms with Gasteiger partial charge in [0.05, 0.1) is 13.2 Å². The molecule has 0 fully saturated rings. The third-order valence-electron chi connectivity index (χ3n) is 2.31. The summed E-state index contributed by atoms with van der Waals surface area (Å²) in [5, 5.41) is 9.18. The summed E-state index contributed by atoms with van der Waals surface area (Å²) in [4.78, 5) is 2.07. The molecule has 0 N–H and O–H groups in total. The Morgan fingerprint density at radius 3 is 2.81 bits per heavy atom. The molecule has 0 aliphatic heterocycles. The van der Waals surface area contributed by atoms with Crippen molar-refractivity contribution in [3.63, 3.8) is 0 Å². The molecule has 0 saturated heterocycles. The van der Waals surface area contributed by atoms with E-state index in [1.54, 1.807) is 13.2 Å². The highest BCUT2D eigenvalue weighted by Crippen LogP contribution is 2.23. The number of rotatable bonds is 5. The maximum Gasteiger partial charge on any atom is 0.120 e. The minimum absolute atomic E-state index is 0.532. The van der Waals surface area contributed by atoms with Crippen LogP contribution in [0.2, 0.25) is 5.02 Å². The van der Waals surface area contributed by atoms with Crippen LogP contribution in [0.25, 0.3) is 0 Å². The maximum absolute atomic E-state index is 8.48. The van der Waals surface area contributed by atoms with E-state index in [1.807, 2.05) is 19.2 Å². The van der Waals surface area contributed by atoms with Crippen LogP contribution in [-0.2, 0) is 6.54 Å². The van der Waals surface area contributed by atoms with Crippen LogP contribution in [0.5, 0.6) is 5.75 Å². The first-order chi connectivity index (χ1) is 7.67. The quantitative estimate of drug-likeness (QED) is 0.791. The van der Waals surface area contributed by atoms with E-state index in [-0.39, 0.29) is 0 Å². The third-order valence-corrected chi connectivity index (χ3v) is 2.66. The standard InChI is InChI=1S/C12H15ClN2O/c1-15(7-3-6-14)9-10-4-5-11(16-2)8-12(10)13/h4-5,8H,3,7,9H2,1-2H3. The van der Waals surface area contributed by atoms with Crippen LogP contribution in [0.1, 0.15) is 12.0 Å². The number of hydrogen-bond acceptors (Lipinski definition) is 3. The summed E-state index contributed by atoms with van der Waals surface area (Å²) in [6.07, 6.45) is 0.532. The molecular weight excluding hydrogens is 224 g/mol. The molecule has 0 saturated carbocycles. The van der Waals surface area contributed by atoms with Gasteiger partial charge in [-0.2, -0.15) is 5.26 Å². The molecule has 16 heavy (non-hydrogen) atoms. The van der Waals surface area contributed by atoms with Crippen molar-refractivity contribution in [2.24, 2.45) is 0 Å². The zero-order valence-corrected chi connectivity index (χ0v) is 10.3. The van der Waals surface area contributed by atoms with Gasteiger partial charge >= 0.3 is 0 Å². The summed E-state index contributed by atoms with van der Waals surface area (Å²) in [6, 6.07) is 7.76. The largest absolute Gasteiger partial charge is 0.497 e. The topological polar surface area (TPSA) is 36.3 Å². The van der Waals surface area contributed by atoms with Gasteiger partial charge in [-0.3, -0.25) is 0 Å². The molecular formula is C12H15ClN2O. The van der Waals surface area contributed by atoms with Gasteiger partial charge in [0, 0.05) is 24.5 Å². The minimum atomic E-state index is 0.532. The predicted octanol–water partition coefficient (Wildman–Crippen LogP) is 2.69. The van der Waals surface area contributed by atoms with Gasteiger partial charge in [-0.15, -0.1) is 0 Å². The summed E-state index contributed by atoms with van der Waals surface area (Å²) >= 11 is 6.11. The Balaban J connectivity index is 2.64. The molecule has 0 aliphatic rings. The molecule has 4 heteroatoms. The molecule has 1 aromatic carbocycles. The lowest BCUT2D eigenvalue weighted by molar-refractivity contribution is 0.334. The number of methoxy groups -OCH3 is 1. The van der Waals surface area contributed by atoms with Crippen molar-refractivity contribution >= 4 is 11.6 Å². The lowest BCUT2D eigenvalue weighted by Crippen LogP contribution is -2.18. The molecule has 0 unspecified atom stereocenters. The second-order valence-corrected chi connectivity index (χ2v) is 4.01. The molecule has 0 heterocycles. The lowest BCUT2D eigenvalue weighted by Gasteiger charge is -2.16. The first-order valence-corrected chi connectivity index (χ1v) is 5.43. The molecule has 86 valence electrons. The van der Waals surface area contributed by atoms with E-state index in [0.29, 0.717) is 11.4 Å². The highest BCUT2D eigenvalue weighted by Gasteiger charge is 2.05. The second-order valence-electron chi connectivity index (χ2n) is 3.60.